The van der Waals surface area contributed by atoms with E-state index in [-0.39, 0.29) is 12.6 Å². The van der Waals surface area contributed by atoms with Crippen molar-refractivity contribution in [2.45, 2.75) is 49.5 Å². The lowest BCUT2D eigenvalue weighted by molar-refractivity contribution is 0.282. The second kappa shape index (κ2) is 5.69. The van der Waals surface area contributed by atoms with Crippen LogP contribution < -0.4 is 4.72 Å². The largest absolute Gasteiger partial charge is 0.392 e. The molecule has 1 saturated carbocycles. The third-order valence-corrected chi connectivity index (χ3v) is 6.34. The van der Waals surface area contributed by atoms with Gasteiger partial charge in [0.25, 0.3) is 0 Å². The number of hydrogen-bond donors (Lipinski definition) is 2. The van der Waals surface area contributed by atoms with Gasteiger partial charge in [-0.2, -0.15) is 0 Å². The van der Waals surface area contributed by atoms with Crippen LogP contribution in [-0.2, 0) is 16.6 Å². The van der Waals surface area contributed by atoms with Crippen LogP contribution in [0.2, 0.25) is 0 Å². The van der Waals surface area contributed by atoms with Gasteiger partial charge >= 0.3 is 0 Å². The molecule has 2 unspecified atom stereocenters. The molecule has 0 radical (unpaired) electrons. The second-order valence-electron chi connectivity index (χ2n) is 5.02. The number of aliphatic hydroxyl groups excluding tert-OH is 1. The average Bonchev–Trinajstić information content (AvgIpc) is 2.77. The smallest absolute Gasteiger partial charge is 0.250 e. The molecule has 0 spiro atoms. The fraction of sp³-hybridized carbons (Fsp3) is 0.667. The van der Waals surface area contributed by atoms with Crippen molar-refractivity contribution < 1.29 is 13.5 Å². The highest BCUT2D eigenvalue weighted by molar-refractivity contribution is 7.91. The Morgan fingerprint density at radius 1 is 1.50 bits per heavy atom. The van der Waals surface area contributed by atoms with Gasteiger partial charge in [0, 0.05) is 6.04 Å². The van der Waals surface area contributed by atoms with E-state index in [1.165, 1.54) is 6.42 Å². The molecule has 1 aromatic rings. The molecule has 0 aliphatic heterocycles. The summed E-state index contributed by atoms with van der Waals surface area (Å²) in [5, 5.41) is 10.6. The summed E-state index contributed by atoms with van der Waals surface area (Å²) in [5.74, 6) is 0.586. The number of rotatable bonds is 4. The highest BCUT2D eigenvalue weighted by atomic mass is 32.2. The van der Waals surface area contributed by atoms with Gasteiger partial charge in [0.1, 0.15) is 4.21 Å². The van der Waals surface area contributed by atoms with Gasteiger partial charge in [-0.3, -0.25) is 0 Å². The molecule has 1 aliphatic carbocycles. The first-order chi connectivity index (χ1) is 8.51. The van der Waals surface area contributed by atoms with Crippen molar-refractivity contribution in [3.05, 3.63) is 17.0 Å². The molecule has 1 aromatic heterocycles. The molecule has 0 saturated heterocycles. The summed E-state index contributed by atoms with van der Waals surface area (Å²) >= 11 is 1.16. The summed E-state index contributed by atoms with van der Waals surface area (Å²) in [6.07, 6.45) is 4.10. The minimum atomic E-state index is -3.42. The minimum Gasteiger partial charge on any atom is -0.392 e. The van der Waals surface area contributed by atoms with Crippen LogP contribution in [0.3, 0.4) is 0 Å². The zero-order valence-corrected chi connectivity index (χ0v) is 12.1. The molecule has 18 heavy (non-hydrogen) atoms. The molecule has 1 heterocycles. The Hall–Kier alpha value is -0.430. The summed E-state index contributed by atoms with van der Waals surface area (Å²) in [4.78, 5) is 0. The van der Waals surface area contributed by atoms with E-state index in [0.717, 1.165) is 30.6 Å². The molecule has 1 fully saturated rings. The molecule has 0 aromatic carbocycles. The van der Waals surface area contributed by atoms with E-state index in [4.69, 9.17) is 5.11 Å². The van der Waals surface area contributed by atoms with Gasteiger partial charge in [-0.15, -0.1) is 11.3 Å². The van der Waals surface area contributed by atoms with Crippen LogP contribution in [0.25, 0.3) is 0 Å². The maximum Gasteiger partial charge on any atom is 0.250 e. The van der Waals surface area contributed by atoms with Crippen molar-refractivity contribution in [3.8, 4) is 0 Å². The molecule has 1 aliphatic rings. The van der Waals surface area contributed by atoms with Crippen molar-refractivity contribution in [2.75, 3.05) is 0 Å². The standard InChI is InChI=1S/C12H19NO3S2/c1-9-3-2-4-11(5-9)13-18(15,16)12-6-10(7-14)8-17-12/h6,8-9,11,13-14H,2-5,7H2,1H3. The topological polar surface area (TPSA) is 66.4 Å². The molecule has 2 N–H and O–H groups in total. The number of aliphatic hydroxyl groups is 1. The van der Waals surface area contributed by atoms with Crippen LogP contribution in [0, 0.1) is 5.92 Å². The number of nitrogens with one attached hydrogen (secondary N) is 1. The van der Waals surface area contributed by atoms with Crippen molar-refractivity contribution in [1.82, 2.24) is 4.72 Å². The van der Waals surface area contributed by atoms with E-state index < -0.39 is 10.0 Å². The lowest BCUT2D eigenvalue weighted by Crippen LogP contribution is -2.37. The van der Waals surface area contributed by atoms with Crippen LogP contribution in [0.15, 0.2) is 15.7 Å². The first-order valence-corrected chi connectivity index (χ1v) is 8.58. The molecule has 0 bridgehead atoms. The summed E-state index contributed by atoms with van der Waals surface area (Å²) in [5.41, 5.74) is 0.650. The van der Waals surface area contributed by atoms with E-state index >= 15 is 0 Å². The molecule has 2 rings (SSSR count). The number of thiophene rings is 1. The quantitative estimate of drug-likeness (QED) is 0.892. The van der Waals surface area contributed by atoms with Crippen molar-refractivity contribution >= 4 is 21.4 Å². The molecule has 0 amide bonds. The zero-order valence-electron chi connectivity index (χ0n) is 10.4. The van der Waals surface area contributed by atoms with Gasteiger partial charge in [0.15, 0.2) is 0 Å². The fourth-order valence-electron chi connectivity index (χ4n) is 2.40. The Balaban J connectivity index is 2.06. The monoisotopic (exact) mass is 289 g/mol. The first-order valence-electron chi connectivity index (χ1n) is 6.22. The maximum absolute atomic E-state index is 12.2. The molecule has 6 heteroatoms. The fourth-order valence-corrected chi connectivity index (χ4v) is 4.90. The highest BCUT2D eigenvalue weighted by Gasteiger charge is 2.25. The Kier molecular flexibility index (Phi) is 4.42. The van der Waals surface area contributed by atoms with Crippen LogP contribution in [0.5, 0.6) is 0 Å². The molecular formula is C12H19NO3S2. The van der Waals surface area contributed by atoms with Crippen LogP contribution >= 0.6 is 11.3 Å². The van der Waals surface area contributed by atoms with Gasteiger partial charge in [0.05, 0.1) is 6.61 Å². The van der Waals surface area contributed by atoms with E-state index in [0.29, 0.717) is 15.7 Å². The van der Waals surface area contributed by atoms with Gasteiger partial charge in [-0.05, 0) is 35.8 Å². The minimum absolute atomic E-state index is 0.0541. The highest BCUT2D eigenvalue weighted by Crippen LogP contribution is 2.26. The molecular weight excluding hydrogens is 270 g/mol. The molecule has 2 atom stereocenters. The van der Waals surface area contributed by atoms with Crippen LogP contribution in [-0.4, -0.2) is 19.6 Å². The normalized spacial score (nSPS) is 25.2. The van der Waals surface area contributed by atoms with Crippen molar-refractivity contribution in [1.29, 1.82) is 0 Å². The van der Waals surface area contributed by atoms with Gasteiger partial charge in [0.2, 0.25) is 10.0 Å². The van der Waals surface area contributed by atoms with E-state index in [2.05, 4.69) is 11.6 Å². The second-order valence-corrected chi connectivity index (χ2v) is 7.87. The summed E-state index contributed by atoms with van der Waals surface area (Å²) < 4.78 is 27.4. The zero-order chi connectivity index (χ0) is 13.2. The number of sulfonamides is 1. The van der Waals surface area contributed by atoms with Gasteiger partial charge in [-0.25, -0.2) is 13.1 Å². The van der Waals surface area contributed by atoms with Crippen molar-refractivity contribution in [2.24, 2.45) is 5.92 Å². The maximum atomic E-state index is 12.2. The lowest BCUT2D eigenvalue weighted by Gasteiger charge is -2.26. The lowest BCUT2D eigenvalue weighted by atomic mass is 9.88. The van der Waals surface area contributed by atoms with Gasteiger partial charge < -0.3 is 5.11 Å². The predicted octanol–water partition coefficient (Wildman–Crippen LogP) is 2.10. The first kappa shape index (κ1) is 14.0. The Morgan fingerprint density at radius 2 is 2.28 bits per heavy atom. The summed E-state index contributed by atoms with van der Waals surface area (Å²) in [7, 11) is -3.42. The van der Waals surface area contributed by atoms with Gasteiger partial charge in [-0.1, -0.05) is 19.8 Å². The third-order valence-electron chi connectivity index (χ3n) is 3.34. The average molecular weight is 289 g/mol. The Labute approximate surface area is 112 Å². The van der Waals surface area contributed by atoms with Crippen LogP contribution in [0.1, 0.15) is 38.2 Å². The number of hydrogen-bond acceptors (Lipinski definition) is 4. The van der Waals surface area contributed by atoms with E-state index in [1.54, 1.807) is 11.4 Å². The molecule has 102 valence electrons. The summed E-state index contributed by atoms with van der Waals surface area (Å²) in [6, 6.07) is 1.60. The molecule has 4 nitrogen and oxygen atoms in total. The van der Waals surface area contributed by atoms with E-state index in [1.807, 2.05) is 0 Å². The third kappa shape index (κ3) is 3.32. The summed E-state index contributed by atoms with van der Waals surface area (Å²) in [6.45, 7) is 2.04. The van der Waals surface area contributed by atoms with Crippen LogP contribution in [0.4, 0.5) is 0 Å². The SMILES string of the molecule is CC1CCCC(NS(=O)(=O)c2cc(CO)cs2)C1. The Bertz CT molecular complexity index is 495. The Morgan fingerprint density at radius 3 is 2.89 bits per heavy atom. The predicted molar refractivity (Wildman–Crippen MR) is 72.0 cm³/mol. The van der Waals surface area contributed by atoms with Crippen molar-refractivity contribution in [3.63, 3.8) is 0 Å². The van der Waals surface area contributed by atoms with E-state index in [9.17, 15) is 8.42 Å².